The fourth-order valence-electron chi connectivity index (χ4n) is 2.01. The van der Waals surface area contributed by atoms with Gasteiger partial charge in [-0.3, -0.25) is 4.79 Å². The SMILES string of the molecule is CCC(NC1CCC(C)C1)C(=O)O. The average Bonchev–Trinajstić information content (AvgIpc) is 2.46. The van der Waals surface area contributed by atoms with Crippen LogP contribution in [-0.2, 0) is 4.79 Å². The van der Waals surface area contributed by atoms with Gasteiger partial charge in [-0.15, -0.1) is 0 Å². The molecule has 0 saturated heterocycles. The van der Waals surface area contributed by atoms with E-state index in [4.69, 9.17) is 5.11 Å². The van der Waals surface area contributed by atoms with Crippen LogP contribution in [0.5, 0.6) is 0 Å². The van der Waals surface area contributed by atoms with E-state index in [0.717, 1.165) is 18.8 Å². The van der Waals surface area contributed by atoms with Crippen LogP contribution in [0.2, 0.25) is 0 Å². The molecule has 0 heterocycles. The number of hydrogen-bond donors (Lipinski definition) is 2. The molecule has 0 spiro atoms. The van der Waals surface area contributed by atoms with Gasteiger partial charge in [0, 0.05) is 6.04 Å². The first kappa shape index (κ1) is 10.5. The number of aliphatic carboxylic acids is 1. The molecule has 0 amide bonds. The standard InChI is InChI=1S/C10H19NO2/c1-3-9(10(12)13)11-8-5-4-7(2)6-8/h7-9,11H,3-6H2,1-2H3,(H,12,13). The van der Waals surface area contributed by atoms with E-state index in [0.29, 0.717) is 12.5 Å². The average molecular weight is 185 g/mol. The lowest BCUT2D eigenvalue weighted by Crippen LogP contribution is -2.41. The van der Waals surface area contributed by atoms with Gasteiger partial charge < -0.3 is 10.4 Å². The molecule has 1 saturated carbocycles. The smallest absolute Gasteiger partial charge is 0.320 e. The molecule has 0 aromatic carbocycles. The Kier molecular flexibility index (Phi) is 3.72. The van der Waals surface area contributed by atoms with Crippen molar-refractivity contribution in [1.82, 2.24) is 5.32 Å². The van der Waals surface area contributed by atoms with Crippen LogP contribution in [0.3, 0.4) is 0 Å². The Morgan fingerprint density at radius 1 is 1.62 bits per heavy atom. The molecule has 1 fully saturated rings. The molecule has 1 aliphatic carbocycles. The topological polar surface area (TPSA) is 49.3 Å². The molecule has 3 atom stereocenters. The Bertz CT molecular complexity index is 182. The molecular weight excluding hydrogens is 166 g/mol. The summed E-state index contributed by atoms with van der Waals surface area (Å²) in [5, 5.41) is 12.0. The van der Waals surface area contributed by atoms with E-state index in [1.54, 1.807) is 0 Å². The molecule has 3 heteroatoms. The van der Waals surface area contributed by atoms with Gasteiger partial charge in [0.25, 0.3) is 0 Å². The minimum absolute atomic E-state index is 0.352. The highest BCUT2D eigenvalue weighted by molar-refractivity contribution is 5.73. The summed E-state index contributed by atoms with van der Waals surface area (Å²) in [5.74, 6) is 0.0332. The van der Waals surface area contributed by atoms with Crippen molar-refractivity contribution >= 4 is 5.97 Å². The second kappa shape index (κ2) is 4.61. The second-order valence-electron chi connectivity index (χ2n) is 4.08. The molecule has 1 aliphatic rings. The van der Waals surface area contributed by atoms with Crippen molar-refractivity contribution in [2.75, 3.05) is 0 Å². The summed E-state index contributed by atoms with van der Waals surface area (Å²) in [7, 11) is 0. The fraction of sp³-hybridized carbons (Fsp3) is 0.900. The lowest BCUT2D eigenvalue weighted by Gasteiger charge is -2.17. The van der Waals surface area contributed by atoms with Gasteiger partial charge in [0.1, 0.15) is 6.04 Å². The number of carboxylic acid groups (broad SMARTS) is 1. The highest BCUT2D eigenvalue weighted by Gasteiger charge is 2.25. The Morgan fingerprint density at radius 3 is 2.69 bits per heavy atom. The Labute approximate surface area is 79.5 Å². The van der Waals surface area contributed by atoms with Gasteiger partial charge in [0.2, 0.25) is 0 Å². The van der Waals surface area contributed by atoms with Gasteiger partial charge >= 0.3 is 5.97 Å². The maximum atomic E-state index is 10.7. The van der Waals surface area contributed by atoms with Crippen molar-refractivity contribution in [2.45, 2.75) is 51.6 Å². The molecule has 0 aliphatic heterocycles. The molecule has 0 bridgehead atoms. The number of rotatable bonds is 4. The second-order valence-corrected chi connectivity index (χ2v) is 4.08. The van der Waals surface area contributed by atoms with Crippen molar-refractivity contribution in [1.29, 1.82) is 0 Å². The predicted molar refractivity (Wildman–Crippen MR) is 51.7 cm³/mol. The molecule has 2 N–H and O–H groups in total. The maximum Gasteiger partial charge on any atom is 0.320 e. The Hall–Kier alpha value is -0.570. The predicted octanol–water partition coefficient (Wildman–Crippen LogP) is 1.63. The summed E-state index contributed by atoms with van der Waals surface area (Å²) < 4.78 is 0. The van der Waals surface area contributed by atoms with Crippen LogP contribution < -0.4 is 5.32 Å². The minimum atomic E-state index is -0.720. The van der Waals surface area contributed by atoms with Crippen molar-refractivity contribution in [2.24, 2.45) is 5.92 Å². The van der Waals surface area contributed by atoms with Gasteiger partial charge in [0.15, 0.2) is 0 Å². The van der Waals surface area contributed by atoms with E-state index >= 15 is 0 Å². The lowest BCUT2D eigenvalue weighted by molar-refractivity contribution is -0.139. The quantitative estimate of drug-likeness (QED) is 0.700. The first-order valence-corrected chi connectivity index (χ1v) is 5.12. The monoisotopic (exact) mass is 185 g/mol. The van der Waals surface area contributed by atoms with Crippen LogP contribution in [0.15, 0.2) is 0 Å². The van der Waals surface area contributed by atoms with E-state index < -0.39 is 5.97 Å². The molecule has 13 heavy (non-hydrogen) atoms. The summed E-state index contributed by atoms with van der Waals surface area (Å²) in [6.07, 6.45) is 4.16. The molecule has 0 aromatic heterocycles. The molecule has 1 rings (SSSR count). The third-order valence-electron chi connectivity index (χ3n) is 2.84. The van der Waals surface area contributed by atoms with Crippen LogP contribution in [0.4, 0.5) is 0 Å². The van der Waals surface area contributed by atoms with Crippen molar-refractivity contribution in [3.8, 4) is 0 Å². The summed E-state index contributed by atoms with van der Waals surface area (Å²) in [6.45, 7) is 4.13. The van der Waals surface area contributed by atoms with E-state index in [1.165, 1.54) is 6.42 Å². The van der Waals surface area contributed by atoms with Gasteiger partial charge in [-0.25, -0.2) is 0 Å². The molecule has 76 valence electrons. The van der Waals surface area contributed by atoms with Crippen molar-refractivity contribution in [3.05, 3.63) is 0 Å². The number of nitrogens with one attached hydrogen (secondary N) is 1. The minimum Gasteiger partial charge on any atom is -0.480 e. The Balaban J connectivity index is 2.34. The first-order valence-electron chi connectivity index (χ1n) is 5.12. The number of hydrogen-bond acceptors (Lipinski definition) is 2. The third-order valence-corrected chi connectivity index (χ3v) is 2.84. The van der Waals surface area contributed by atoms with Crippen molar-refractivity contribution in [3.63, 3.8) is 0 Å². The highest BCUT2D eigenvalue weighted by atomic mass is 16.4. The summed E-state index contributed by atoms with van der Waals surface area (Å²) in [6, 6.07) is 0.0753. The maximum absolute atomic E-state index is 10.7. The normalized spacial score (nSPS) is 30.3. The fourth-order valence-corrected chi connectivity index (χ4v) is 2.01. The van der Waals surface area contributed by atoms with Gasteiger partial charge in [-0.2, -0.15) is 0 Å². The van der Waals surface area contributed by atoms with E-state index in [-0.39, 0.29) is 6.04 Å². The largest absolute Gasteiger partial charge is 0.480 e. The lowest BCUT2D eigenvalue weighted by atomic mass is 10.1. The van der Waals surface area contributed by atoms with E-state index in [9.17, 15) is 4.79 Å². The van der Waals surface area contributed by atoms with Crippen LogP contribution in [0, 0.1) is 5.92 Å². The number of carbonyl (C=O) groups is 1. The van der Waals surface area contributed by atoms with Crippen molar-refractivity contribution < 1.29 is 9.90 Å². The highest BCUT2D eigenvalue weighted by Crippen LogP contribution is 2.25. The van der Waals surface area contributed by atoms with Crippen LogP contribution in [0.25, 0.3) is 0 Å². The molecular formula is C10H19NO2. The van der Waals surface area contributed by atoms with Gasteiger partial charge in [-0.05, 0) is 31.6 Å². The van der Waals surface area contributed by atoms with Crippen LogP contribution in [0.1, 0.15) is 39.5 Å². The third kappa shape index (κ3) is 2.99. The molecule has 3 nitrogen and oxygen atoms in total. The van der Waals surface area contributed by atoms with E-state index in [1.807, 2.05) is 6.92 Å². The zero-order valence-corrected chi connectivity index (χ0v) is 8.42. The van der Waals surface area contributed by atoms with Crippen LogP contribution >= 0.6 is 0 Å². The summed E-state index contributed by atoms with van der Waals surface area (Å²) in [4.78, 5) is 10.7. The molecule has 0 aromatic rings. The zero-order chi connectivity index (χ0) is 9.84. The van der Waals surface area contributed by atoms with Gasteiger partial charge in [-0.1, -0.05) is 13.8 Å². The Morgan fingerprint density at radius 2 is 2.31 bits per heavy atom. The molecule has 3 unspecified atom stereocenters. The van der Waals surface area contributed by atoms with Crippen LogP contribution in [-0.4, -0.2) is 23.2 Å². The molecule has 0 radical (unpaired) electrons. The van der Waals surface area contributed by atoms with E-state index in [2.05, 4.69) is 12.2 Å². The zero-order valence-electron chi connectivity index (χ0n) is 8.42. The number of carboxylic acids is 1. The summed E-state index contributed by atoms with van der Waals surface area (Å²) in [5.41, 5.74) is 0. The van der Waals surface area contributed by atoms with Gasteiger partial charge in [0.05, 0.1) is 0 Å². The first-order chi connectivity index (χ1) is 6.13. The summed E-state index contributed by atoms with van der Waals surface area (Å²) >= 11 is 0.